The van der Waals surface area contributed by atoms with E-state index in [1.807, 2.05) is 19.0 Å². The summed E-state index contributed by atoms with van der Waals surface area (Å²) in [6.07, 6.45) is 3.80. The highest BCUT2D eigenvalue weighted by molar-refractivity contribution is 5.82. The molecule has 21 heavy (non-hydrogen) atoms. The zero-order valence-corrected chi connectivity index (χ0v) is 13.4. The van der Waals surface area contributed by atoms with Crippen molar-refractivity contribution in [3.05, 3.63) is 29.8 Å². The first-order valence-corrected chi connectivity index (χ1v) is 7.88. The zero-order valence-electron chi connectivity index (χ0n) is 13.4. The lowest BCUT2D eigenvalue weighted by Gasteiger charge is -2.28. The highest BCUT2D eigenvalue weighted by atomic mass is 16.2. The molecule has 1 aliphatic rings. The topological polar surface area (TPSA) is 49.6 Å². The van der Waals surface area contributed by atoms with Crippen LogP contribution in [0.1, 0.15) is 44.2 Å². The van der Waals surface area contributed by atoms with Gasteiger partial charge in [0.2, 0.25) is 5.91 Å². The van der Waals surface area contributed by atoms with Crippen molar-refractivity contribution in [2.45, 2.75) is 44.7 Å². The SMILES string of the molecule is CCCC(N)C(=O)N1CCCC1c1cccc(N(C)C)c1. The van der Waals surface area contributed by atoms with Crippen LogP contribution in [0.15, 0.2) is 24.3 Å². The van der Waals surface area contributed by atoms with Crippen LogP contribution in [0, 0.1) is 0 Å². The Hall–Kier alpha value is -1.55. The molecule has 1 fully saturated rings. The molecule has 1 aromatic rings. The van der Waals surface area contributed by atoms with Crippen LogP contribution in [0.4, 0.5) is 5.69 Å². The number of hydrogen-bond donors (Lipinski definition) is 1. The monoisotopic (exact) mass is 289 g/mol. The Bertz CT molecular complexity index is 487. The first-order chi connectivity index (χ1) is 10.0. The second-order valence-electron chi connectivity index (χ2n) is 6.07. The van der Waals surface area contributed by atoms with Gasteiger partial charge in [-0.3, -0.25) is 4.79 Å². The molecule has 0 aliphatic carbocycles. The van der Waals surface area contributed by atoms with Crippen molar-refractivity contribution in [3.63, 3.8) is 0 Å². The Kier molecular flexibility index (Phi) is 5.23. The van der Waals surface area contributed by atoms with Gasteiger partial charge in [0.05, 0.1) is 12.1 Å². The number of benzene rings is 1. The highest BCUT2D eigenvalue weighted by Gasteiger charge is 2.32. The van der Waals surface area contributed by atoms with Crippen LogP contribution in [-0.4, -0.2) is 37.5 Å². The minimum atomic E-state index is -0.354. The number of carbonyl (C=O) groups is 1. The van der Waals surface area contributed by atoms with E-state index in [-0.39, 0.29) is 18.0 Å². The minimum Gasteiger partial charge on any atom is -0.378 e. The number of carbonyl (C=O) groups excluding carboxylic acids is 1. The first kappa shape index (κ1) is 15.8. The maximum absolute atomic E-state index is 12.5. The molecule has 0 aromatic heterocycles. The van der Waals surface area contributed by atoms with Crippen molar-refractivity contribution in [1.29, 1.82) is 0 Å². The minimum absolute atomic E-state index is 0.106. The molecule has 116 valence electrons. The van der Waals surface area contributed by atoms with Gasteiger partial charge in [-0.25, -0.2) is 0 Å². The van der Waals surface area contributed by atoms with Gasteiger partial charge >= 0.3 is 0 Å². The Morgan fingerprint density at radius 1 is 1.48 bits per heavy atom. The van der Waals surface area contributed by atoms with E-state index in [9.17, 15) is 4.79 Å². The van der Waals surface area contributed by atoms with Crippen LogP contribution in [0.25, 0.3) is 0 Å². The Morgan fingerprint density at radius 2 is 2.24 bits per heavy atom. The summed E-state index contributed by atoms with van der Waals surface area (Å²) in [6, 6.07) is 8.29. The van der Waals surface area contributed by atoms with Gasteiger partial charge in [0, 0.05) is 26.3 Å². The van der Waals surface area contributed by atoms with Gasteiger partial charge in [-0.15, -0.1) is 0 Å². The second-order valence-corrected chi connectivity index (χ2v) is 6.07. The van der Waals surface area contributed by atoms with Crippen molar-refractivity contribution in [1.82, 2.24) is 4.90 Å². The zero-order chi connectivity index (χ0) is 15.4. The van der Waals surface area contributed by atoms with Crippen LogP contribution < -0.4 is 10.6 Å². The van der Waals surface area contributed by atoms with Crippen LogP contribution in [0.2, 0.25) is 0 Å². The Morgan fingerprint density at radius 3 is 2.90 bits per heavy atom. The summed E-state index contributed by atoms with van der Waals surface area (Å²) >= 11 is 0. The van der Waals surface area contributed by atoms with Gasteiger partial charge in [0.1, 0.15) is 0 Å². The molecule has 1 aromatic carbocycles. The summed E-state index contributed by atoms with van der Waals surface area (Å²) in [7, 11) is 4.07. The van der Waals surface area contributed by atoms with E-state index in [0.29, 0.717) is 0 Å². The molecule has 2 N–H and O–H groups in total. The third-order valence-electron chi connectivity index (χ3n) is 4.22. The summed E-state index contributed by atoms with van der Waals surface area (Å²) in [5.74, 6) is 0.106. The molecule has 2 unspecified atom stereocenters. The number of likely N-dealkylation sites (tertiary alicyclic amines) is 1. The number of anilines is 1. The lowest BCUT2D eigenvalue weighted by atomic mass is 10.0. The van der Waals surface area contributed by atoms with E-state index in [4.69, 9.17) is 5.73 Å². The summed E-state index contributed by atoms with van der Waals surface area (Å²) in [6.45, 7) is 2.89. The van der Waals surface area contributed by atoms with E-state index >= 15 is 0 Å². The molecular weight excluding hydrogens is 262 g/mol. The molecule has 2 atom stereocenters. The number of nitrogens with two attached hydrogens (primary N) is 1. The normalized spacial score (nSPS) is 19.6. The molecule has 0 spiro atoms. The van der Waals surface area contributed by atoms with Gasteiger partial charge < -0.3 is 15.5 Å². The molecule has 0 saturated carbocycles. The number of rotatable bonds is 5. The van der Waals surface area contributed by atoms with Gasteiger partial charge in [0.25, 0.3) is 0 Å². The lowest BCUT2D eigenvalue weighted by molar-refractivity contribution is -0.133. The fourth-order valence-electron chi connectivity index (χ4n) is 3.03. The molecule has 1 heterocycles. The molecule has 2 rings (SSSR count). The Labute approximate surface area is 127 Å². The molecule has 1 aliphatic heterocycles. The third kappa shape index (κ3) is 3.56. The van der Waals surface area contributed by atoms with E-state index in [2.05, 4.69) is 36.1 Å². The molecule has 1 amide bonds. The fraction of sp³-hybridized carbons (Fsp3) is 0.588. The van der Waals surface area contributed by atoms with Gasteiger partial charge in [0.15, 0.2) is 0 Å². The van der Waals surface area contributed by atoms with Crippen LogP contribution in [-0.2, 0) is 4.79 Å². The lowest BCUT2D eigenvalue weighted by Crippen LogP contribution is -2.43. The molecular formula is C17H27N3O. The van der Waals surface area contributed by atoms with Crippen molar-refractivity contribution < 1.29 is 4.79 Å². The molecule has 0 bridgehead atoms. The predicted octanol–water partition coefficient (Wildman–Crippen LogP) is 2.54. The van der Waals surface area contributed by atoms with E-state index in [0.717, 1.165) is 32.2 Å². The molecule has 0 radical (unpaired) electrons. The van der Waals surface area contributed by atoms with Crippen molar-refractivity contribution in [2.24, 2.45) is 5.73 Å². The van der Waals surface area contributed by atoms with E-state index in [1.165, 1.54) is 11.3 Å². The third-order valence-corrected chi connectivity index (χ3v) is 4.22. The van der Waals surface area contributed by atoms with Gasteiger partial charge in [-0.1, -0.05) is 25.5 Å². The van der Waals surface area contributed by atoms with Crippen molar-refractivity contribution in [3.8, 4) is 0 Å². The van der Waals surface area contributed by atoms with Crippen molar-refractivity contribution >= 4 is 11.6 Å². The van der Waals surface area contributed by atoms with Crippen LogP contribution >= 0.6 is 0 Å². The maximum atomic E-state index is 12.5. The predicted molar refractivity (Wildman–Crippen MR) is 87.3 cm³/mol. The standard InChI is InChI=1S/C17H27N3O/c1-4-7-15(18)17(21)20-11-6-10-16(20)13-8-5-9-14(12-13)19(2)3/h5,8-9,12,15-16H,4,6-7,10-11,18H2,1-3H3. The fourth-order valence-corrected chi connectivity index (χ4v) is 3.03. The average Bonchev–Trinajstić information content (AvgIpc) is 2.96. The van der Waals surface area contributed by atoms with Crippen molar-refractivity contribution in [2.75, 3.05) is 25.5 Å². The average molecular weight is 289 g/mol. The molecule has 4 heteroatoms. The van der Waals surface area contributed by atoms with Gasteiger partial charge in [-0.05, 0) is 37.0 Å². The summed E-state index contributed by atoms with van der Waals surface area (Å²) < 4.78 is 0. The van der Waals surface area contributed by atoms with E-state index in [1.54, 1.807) is 0 Å². The first-order valence-electron chi connectivity index (χ1n) is 7.88. The summed E-state index contributed by atoms with van der Waals surface area (Å²) in [5, 5.41) is 0. The van der Waals surface area contributed by atoms with E-state index < -0.39 is 0 Å². The van der Waals surface area contributed by atoms with Crippen LogP contribution in [0.5, 0.6) is 0 Å². The molecule has 1 saturated heterocycles. The van der Waals surface area contributed by atoms with Gasteiger partial charge in [-0.2, -0.15) is 0 Å². The number of hydrogen-bond acceptors (Lipinski definition) is 3. The summed E-state index contributed by atoms with van der Waals surface area (Å²) in [5.41, 5.74) is 8.42. The smallest absolute Gasteiger partial charge is 0.239 e. The Balaban J connectivity index is 2.18. The maximum Gasteiger partial charge on any atom is 0.239 e. The summed E-state index contributed by atoms with van der Waals surface area (Å²) in [4.78, 5) is 16.6. The quantitative estimate of drug-likeness (QED) is 0.906. The number of amides is 1. The largest absolute Gasteiger partial charge is 0.378 e. The number of nitrogens with zero attached hydrogens (tertiary/aromatic N) is 2. The van der Waals surface area contributed by atoms with Crippen LogP contribution in [0.3, 0.4) is 0 Å². The second kappa shape index (κ2) is 6.94. The highest BCUT2D eigenvalue weighted by Crippen LogP contribution is 2.33. The molecule has 4 nitrogen and oxygen atoms in total.